The molecule has 1 saturated carbocycles. The third kappa shape index (κ3) is 2.84. The molecule has 19 heavy (non-hydrogen) atoms. The van der Waals surface area contributed by atoms with E-state index in [9.17, 15) is 0 Å². The number of nitrogen functional groups attached to an aromatic ring is 1. The average Bonchev–Trinajstić information content (AvgIpc) is 2.81. The largest absolute Gasteiger partial charge is 0.399 e. The van der Waals surface area contributed by atoms with Crippen LogP contribution in [-0.4, -0.2) is 11.0 Å². The van der Waals surface area contributed by atoms with Crippen molar-refractivity contribution in [2.75, 3.05) is 11.1 Å². The first-order chi connectivity index (χ1) is 9.24. The second-order valence-corrected chi connectivity index (χ2v) is 6.55. The second-order valence-electron chi connectivity index (χ2n) is 5.52. The van der Waals surface area contributed by atoms with Crippen LogP contribution in [0.25, 0.3) is 10.2 Å². The number of nitrogens with two attached hydrogens (primary N) is 1. The van der Waals surface area contributed by atoms with E-state index in [0.717, 1.165) is 22.3 Å². The van der Waals surface area contributed by atoms with Crippen molar-refractivity contribution in [3.8, 4) is 0 Å². The quantitative estimate of drug-likeness (QED) is 0.823. The number of benzene rings is 1. The van der Waals surface area contributed by atoms with Gasteiger partial charge in [0.25, 0.3) is 0 Å². The van der Waals surface area contributed by atoms with E-state index in [4.69, 9.17) is 5.73 Å². The number of anilines is 2. The van der Waals surface area contributed by atoms with Crippen molar-refractivity contribution in [1.29, 1.82) is 0 Å². The van der Waals surface area contributed by atoms with Gasteiger partial charge in [-0.05, 0) is 49.8 Å². The third-order valence-electron chi connectivity index (χ3n) is 4.16. The van der Waals surface area contributed by atoms with Gasteiger partial charge in [0, 0.05) is 11.7 Å². The van der Waals surface area contributed by atoms with Gasteiger partial charge in [0.15, 0.2) is 5.13 Å². The molecule has 0 spiro atoms. The van der Waals surface area contributed by atoms with Crippen LogP contribution in [0.5, 0.6) is 0 Å². The zero-order chi connectivity index (χ0) is 13.2. The summed E-state index contributed by atoms with van der Waals surface area (Å²) >= 11 is 1.71. The SMILES string of the molecule is CCC1CCC(Nc2nc3ccc(N)cc3s2)CC1. The van der Waals surface area contributed by atoms with Crippen molar-refractivity contribution in [3.05, 3.63) is 18.2 Å². The molecular formula is C15H21N3S. The minimum absolute atomic E-state index is 0.598. The number of fused-ring (bicyclic) bond motifs is 1. The Morgan fingerprint density at radius 2 is 2.11 bits per heavy atom. The number of aromatic nitrogens is 1. The minimum atomic E-state index is 0.598. The predicted octanol–water partition coefficient (Wildman–Crippen LogP) is 4.26. The lowest BCUT2D eigenvalue weighted by Gasteiger charge is -2.28. The highest BCUT2D eigenvalue weighted by atomic mass is 32.1. The van der Waals surface area contributed by atoms with Crippen LogP contribution in [0.4, 0.5) is 10.8 Å². The number of nitrogens with one attached hydrogen (secondary N) is 1. The van der Waals surface area contributed by atoms with Gasteiger partial charge in [0.2, 0.25) is 0 Å². The highest BCUT2D eigenvalue weighted by molar-refractivity contribution is 7.22. The Balaban J connectivity index is 1.68. The smallest absolute Gasteiger partial charge is 0.184 e. The van der Waals surface area contributed by atoms with Gasteiger partial charge in [-0.1, -0.05) is 24.7 Å². The average molecular weight is 275 g/mol. The number of rotatable bonds is 3. The van der Waals surface area contributed by atoms with Gasteiger partial charge >= 0.3 is 0 Å². The number of hydrogen-bond donors (Lipinski definition) is 2. The van der Waals surface area contributed by atoms with Crippen molar-refractivity contribution < 1.29 is 0 Å². The van der Waals surface area contributed by atoms with E-state index < -0.39 is 0 Å². The molecule has 1 aliphatic carbocycles. The van der Waals surface area contributed by atoms with Crippen LogP contribution in [0.2, 0.25) is 0 Å². The zero-order valence-electron chi connectivity index (χ0n) is 11.4. The second kappa shape index (κ2) is 5.37. The zero-order valence-corrected chi connectivity index (χ0v) is 12.2. The Morgan fingerprint density at radius 3 is 2.84 bits per heavy atom. The fourth-order valence-corrected chi connectivity index (χ4v) is 3.88. The molecule has 0 bridgehead atoms. The summed E-state index contributed by atoms with van der Waals surface area (Å²) in [5.41, 5.74) is 7.66. The molecule has 1 aromatic carbocycles. The summed E-state index contributed by atoms with van der Waals surface area (Å²) in [6.07, 6.45) is 6.58. The van der Waals surface area contributed by atoms with Crippen LogP contribution >= 0.6 is 11.3 Å². The van der Waals surface area contributed by atoms with Crippen molar-refractivity contribution >= 4 is 32.4 Å². The maximum absolute atomic E-state index is 5.81. The van der Waals surface area contributed by atoms with Gasteiger partial charge in [-0.2, -0.15) is 0 Å². The number of hydrogen-bond acceptors (Lipinski definition) is 4. The standard InChI is InChI=1S/C15H21N3S/c1-2-10-3-6-12(7-4-10)17-15-18-13-8-5-11(16)9-14(13)19-15/h5,8-10,12H,2-4,6-7,16H2,1H3,(H,17,18). The highest BCUT2D eigenvalue weighted by Crippen LogP contribution is 2.32. The molecule has 3 N–H and O–H groups in total. The molecule has 0 radical (unpaired) electrons. The molecule has 0 atom stereocenters. The first-order valence-corrected chi connectivity index (χ1v) is 7.99. The lowest BCUT2D eigenvalue weighted by molar-refractivity contribution is 0.330. The molecule has 0 amide bonds. The van der Waals surface area contributed by atoms with Crippen LogP contribution in [-0.2, 0) is 0 Å². The monoisotopic (exact) mass is 275 g/mol. The van der Waals surface area contributed by atoms with E-state index >= 15 is 0 Å². The minimum Gasteiger partial charge on any atom is -0.399 e. The summed E-state index contributed by atoms with van der Waals surface area (Å²) in [6, 6.07) is 6.52. The molecule has 1 aliphatic rings. The van der Waals surface area contributed by atoms with Gasteiger partial charge in [0.1, 0.15) is 0 Å². The first kappa shape index (κ1) is 12.7. The van der Waals surface area contributed by atoms with Crippen LogP contribution in [0.3, 0.4) is 0 Å². The maximum atomic E-state index is 5.81. The van der Waals surface area contributed by atoms with Gasteiger partial charge in [0.05, 0.1) is 10.2 Å². The van der Waals surface area contributed by atoms with E-state index in [2.05, 4.69) is 17.2 Å². The van der Waals surface area contributed by atoms with Crippen molar-refractivity contribution in [2.45, 2.75) is 45.1 Å². The highest BCUT2D eigenvalue weighted by Gasteiger charge is 2.20. The third-order valence-corrected chi connectivity index (χ3v) is 5.11. The number of nitrogens with zero attached hydrogens (tertiary/aromatic N) is 1. The van der Waals surface area contributed by atoms with Crippen LogP contribution in [0.15, 0.2) is 18.2 Å². The summed E-state index contributed by atoms with van der Waals surface area (Å²) in [7, 11) is 0. The van der Waals surface area contributed by atoms with Crippen molar-refractivity contribution in [2.24, 2.45) is 5.92 Å². The lowest BCUT2D eigenvalue weighted by Crippen LogP contribution is -2.25. The topological polar surface area (TPSA) is 50.9 Å². The summed E-state index contributed by atoms with van der Waals surface area (Å²) in [4.78, 5) is 4.64. The van der Waals surface area contributed by atoms with E-state index in [1.54, 1.807) is 11.3 Å². The Morgan fingerprint density at radius 1 is 1.32 bits per heavy atom. The molecule has 1 heterocycles. The molecule has 0 unspecified atom stereocenters. The molecule has 1 aromatic heterocycles. The first-order valence-electron chi connectivity index (χ1n) is 7.17. The van der Waals surface area contributed by atoms with Gasteiger partial charge < -0.3 is 11.1 Å². The summed E-state index contributed by atoms with van der Waals surface area (Å²) in [5, 5.41) is 4.64. The van der Waals surface area contributed by atoms with Gasteiger partial charge in [-0.15, -0.1) is 0 Å². The Labute approximate surface area is 118 Å². The van der Waals surface area contributed by atoms with E-state index in [-0.39, 0.29) is 0 Å². The van der Waals surface area contributed by atoms with Gasteiger partial charge in [-0.3, -0.25) is 0 Å². The molecule has 102 valence electrons. The molecule has 0 aliphatic heterocycles. The summed E-state index contributed by atoms with van der Waals surface area (Å²) in [5.74, 6) is 0.938. The molecule has 4 heteroatoms. The maximum Gasteiger partial charge on any atom is 0.184 e. The van der Waals surface area contributed by atoms with E-state index in [0.29, 0.717) is 6.04 Å². The van der Waals surface area contributed by atoms with Crippen LogP contribution in [0, 0.1) is 5.92 Å². The van der Waals surface area contributed by atoms with Crippen LogP contribution < -0.4 is 11.1 Å². The normalized spacial score (nSPS) is 23.6. The molecule has 2 aromatic rings. The van der Waals surface area contributed by atoms with E-state index in [1.165, 1.54) is 36.8 Å². The van der Waals surface area contributed by atoms with Crippen molar-refractivity contribution in [3.63, 3.8) is 0 Å². The summed E-state index contributed by atoms with van der Waals surface area (Å²) < 4.78 is 1.17. The molecule has 1 fully saturated rings. The lowest BCUT2D eigenvalue weighted by atomic mass is 9.85. The fraction of sp³-hybridized carbons (Fsp3) is 0.533. The molecule has 3 rings (SSSR count). The van der Waals surface area contributed by atoms with Crippen molar-refractivity contribution in [1.82, 2.24) is 4.98 Å². The Hall–Kier alpha value is -1.29. The summed E-state index contributed by atoms with van der Waals surface area (Å²) in [6.45, 7) is 2.30. The predicted molar refractivity (Wildman–Crippen MR) is 83.7 cm³/mol. The van der Waals surface area contributed by atoms with Crippen LogP contribution in [0.1, 0.15) is 39.0 Å². The van der Waals surface area contributed by atoms with Gasteiger partial charge in [-0.25, -0.2) is 4.98 Å². The molecular weight excluding hydrogens is 254 g/mol. The fourth-order valence-electron chi connectivity index (χ4n) is 2.89. The number of thiazole rings is 1. The van der Waals surface area contributed by atoms with E-state index in [1.807, 2.05) is 18.2 Å². The molecule has 0 saturated heterocycles. The Bertz CT molecular complexity index is 556. The molecule has 3 nitrogen and oxygen atoms in total. The Kier molecular flexibility index (Phi) is 3.60.